The zero-order valence-corrected chi connectivity index (χ0v) is 15.6. The highest BCUT2D eigenvalue weighted by Gasteiger charge is 2.15. The quantitative estimate of drug-likeness (QED) is 0.473. The topological polar surface area (TPSA) is 118 Å². The summed E-state index contributed by atoms with van der Waals surface area (Å²) in [5, 5.41) is 15.4. The van der Waals surface area contributed by atoms with Crippen LogP contribution in [0.4, 0.5) is 10.5 Å². The lowest BCUT2D eigenvalue weighted by atomic mass is 10.2. The van der Waals surface area contributed by atoms with Crippen molar-refractivity contribution >= 4 is 23.9 Å². The number of rotatable bonds is 8. The van der Waals surface area contributed by atoms with Crippen molar-refractivity contribution < 1.29 is 28.9 Å². The van der Waals surface area contributed by atoms with Gasteiger partial charge in [-0.25, -0.2) is 15.0 Å². The molecule has 0 unspecified atom stereocenters. The average Bonchev–Trinajstić information content (AvgIpc) is 2.69. The molecule has 0 aromatic heterocycles. The van der Waals surface area contributed by atoms with E-state index in [1.165, 1.54) is 20.2 Å². The molecular formula is C19H21N3O6. The number of carbonyl (C=O) groups is 2. The summed E-state index contributed by atoms with van der Waals surface area (Å²) in [7, 11) is 3.00. The Morgan fingerprint density at radius 1 is 1.07 bits per heavy atom. The number of anilines is 1. The van der Waals surface area contributed by atoms with Gasteiger partial charge in [-0.1, -0.05) is 0 Å². The van der Waals surface area contributed by atoms with Crippen LogP contribution in [0, 0.1) is 0 Å². The van der Waals surface area contributed by atoms with E-state index in [0.717, 1.165) is 0 Å². The smallest absolute Gasteiger partial charge is 0.344 e. The van der Waals surface area contributed by atoms with Crippen molar-refractivity contribution in [3.8, 4) is 17.2 Å². The van der Waals surface area contributed by atoms with Gasteiger partial charge in [0.05, 0.1) is 20.4 Å². The second-order valence-corrected chi connectivity index (χ2v) is 5.56. The number of aliphatic carboxylic acids is 1. The molecule has 2 amide bonds. The van der Waals surface area contributed by atoms with Gasteiger partial charge in [0, 0.05) is 5.69 Å². The van der Waals surface area contributed by atoms with Crippen LogP contribution in [0.5, 0.6) is 17.2 Å². The first kappa shape index (κ1) is 20.6. The first-order valence-corrected chi connectivity index (χ1v) is 8.24. The van der Waals surface area contributed by atoms with E-state index in [0.29, 0.717) is 28.5 Å². The molecule has 1 atom stereocenters. The van der Waals surface area contributed by atoms with Crippen LogP contribution in [0.2, 0.25) is 0 Å². The highest BCUT2D eigenvalue weighted by molar-refractivity contribution is 5.90. The van der Waals surface area contributed by atoms with E-state index < -0.39 is 18.1 Å². The van der Waals surface area contributed by atoms with Crippen LogP contribution in [0.25, 0.3) is 0 Å². The number of hydrogen-bond donors (Lipinski definition) is 3. The molecule has 0 heterocycles. The molecule has 0 aliphatic rings. The van der Waals surface area contributed by atoms with Crippen LogP contribution in [-0.2, 0) is 4.79 Å². The van der Waals surface area contributed by atoms with Gasteiger partial charge in [-0.15, -0.1) is 0 Å². The largest absolute Gasteiger partial charge is 0.497 e. The zero-order chi connectivity index (χ0) is 20.5. The first-order valence-electron chi connectivity index (χ1n) is 8.24. The summed E-state index contributed by atoms with van der Waals surface area (Å²) in [4.78, 5) is 22.8. The van der Waals surface area contributed by atoms with E-state index in [4.69, 9.17) is 19.3 Å². The number of benzene rings is 2. The van der Waals surface area contributed by atoms with Gasteiger partial charge in [0.1, 0.15) is 5.75 Å². The maximum Gasteiger partial charge on any atom is 0.344 e. The summed E-state index contributed by atoms with van der Waals surface area (Å²) >= 11 is 0. The van der Waals surface area contributed by atoms with E-state index in [2.05, 4.69) is 15.8 Å². The lowest BCUT2D eigenvalue weighted by Crippen LogP contribution is -2.24. The molecule has 148 valence electrons. The number of ether oxygens (including phenoxy) is 3. The maximum absolute atomic E-state index is 11.9. The number of carboxylic acid groups (broad SMARTS) is 1. The van der Waals surface area contributed by atoms with Gasteiger partial charge in [0.25, 0.3) is 0 Å². The molecule has 0 radical (unpaired) electrons. The number of urea groups is 1. The lowest BCUT2D eigenvalue weighted by molar-refractivity contribution is -0.144. The van der Waals surface area contributed by atoms with Gasteiger partial charge in [-0.3, -0.25) is 0 Å². The van der Waals surface area contributed by atoms with Crippen molar-refractivity contribution in [3.05, 3.63) is 48.0 Å². The highest BCUT2D eigenvalue weighted by Crippen LogP contribution is 2.28. The lowest BCUT2D eigenvalue weighted by Gasteiger charge is -2.14. The Morgan fingerprint density at radius 3 is 2.39 bits per heavy atom. The number of hydrazone groups is 1. The molecule has 2 aromatic rings. The molecule has 9 heteroatoms. The van der Waals surface area contributed by atoms with Gasteiger partial charge in [0.2, 0.25) is 0 Å². The minimum atomic E-state index is -1.08. The molecule has 0 bridgehead atoms. The first-order chi connectivity index (χ1) is 13.4. The molecule has 0 spiro atoms. The third kappa shape index (κ3) is 5.90. The SMILES string of the molecule is COc1ccc(NC(=O)N/N=C/c2ccc(O[C@@H](C)C(=O)O)c(OC)c2)cc1. The van der Waals surface area contributed by atoms with Gasteiger partial charge in [-0.2, -0.15) is 5.10 Å². The monoisotopic (exact) mass is 387 g/mol. The van der Waals surface area contributed by atoms with Crippen LogP contribution >= 0.6 is 0 Å². The van der Waals surface area contributed by atoms with E-state index in [-0.39, 0.29) is 0 Å². The Morgan fingerprint density at radius 2 is 1.79 bits per heavy atom. The molecule has 9 nitrogen and oxygen atoms in total. The summed E-state index contributed by atoms with van der Waals surface area (Å²) in [6.45, 7) is 1.42. The molecule has 0 saturated heterocycles. The molecule has 2 aromatic carbocycles. The van der Waals surface area contributed by atoms with Crippen LogP contribution in [0.3, 0.4) is 0 Å². The number of nitrogens with zero attached hydrogens (tertiary/aromatic N) is 1. The summed E-state index contributed by atoms with van der Waals surface area (Å²) in [5.41, 5.74) is 3.56. The third-order valence-electron chi connectivity index (χ3n) is 3.57. The molecule has 0 saturated carbocycles. The van der Waals surface area contributed by atoms with Crippen LogP contribution in [0.15, 0.2) is 47.6 Å². The predicted molar refractivity (Wildman–Crippen MR) is 103 cm³/mol. The fourth-order valence-corrected chi connectivity index (χ4v) is 2.10. The van der Waals surface area contributed by atoms with Gasteiger partial charge >= 0.3 is 12.0 Å². The van der Waals surface area contributed by atoms with Crippen molar-refractivity contribution in [2.24, 2.45) is 5.10 Å². The number of methoxy groups -OCH3 is 2. The second kappa shape index (κ2) is 9.81. The second-order valence-electron chi connectivity index (χ2n) is 5.56. The van der Waals surface area contributed by atoms with Crippen molar-refractivity contribution in [1.29, 1.82) is 0 Å². The minimum Gasteiger partial charge on any atom is -0.497 e. The van der Waals surface area contributed by atoms with Crippen molar-refractivity contribution in [2.75, 3.05) is 19.5 Å². The summed E-state index contributed by atoms with van der Waals surface area (Å²) in [6, 6.07) is 11.2. The highest BCUT2D eigenvalue weighted by atomic mass is 16.5. The van der Waals surface area contributed by atoms with E-state index in [1.54, 1.807) is 49.6 Å². The van der Waals surface area contributed by atoms with E-state index in [9.17, 15) is 9.59 Å². The normalized spacial score (nSPS) is 11.5. The van der Waals surface area contributed by atoms with Crippen molar-refractivity contribution in [3.63, 3.8) is 0 Å². The zero-order valence-electron chi connectivity index (χ0n) is 15.6. The van der Waals surface area contributed by atoms with Gasteiger partial charge in [-0.05, 0) is 55.0 Å². The molecular weight excluding hydrogens is 366 g/mol. The Kier molecular flexibility index (Phi) is 7.21. The number of carbonyl (C=O) groups excluding carboxylic acids is 1. The van der Waals surface area contributed by atoms with Crippen molar-refractivity contribution in [2.45, 2.75) is 13.0 Å². The number of amides is 2. The Bertz CT molecular complexity index is 851. The molecule has 3 N–H and O–H groups in total. The van der Waals surface area contributed by atoms with Crippen molar-refractivity contribution in [1.82, 2.24) is 5.43 Å². The predicted octanol–water partition coefficient (Wildman–Crippen LogP) is 2.71. The van der Waals surface area contributed by atoms with Crippen LogP contribution in [-0.4, -0.2) is 43.6 Å². The van der Waals surface area contributed by atoms with Crippen LogP contribution < -0.4 is 25.0 Å². The molecule has 28 heavy (non-hydrogen) atoms. The molecule has 0 aliphatic carbocycles. The molecule has 0 fully saturated rings. The number of carboxylic acids is 1. The minimum absolute atomic E-state index is 0.291. The number of hydrogen-bond acceptors (Lipinski definition) is 6. The summed E-state index contributed by atoms with van der Waals surface area (Å²) < 4.78 is 15.6. The fraction of sp³-hybridized carbons (Fsp3) is 0.211. The van der Waals surface area contributed by atoms with E-state index >= 15 is 0 Å². The average molecular weight is 387 g/mol. The van der Waals surface area contributed by atoms with Gasteiger partial charge < -0.3 is 24.6 Å². The molecule has 2 rings (SSSR count). The summed E-state index contributed by atoms with van der Waals surface area (Å²) in [6.07, 6.45) is 0.400. The Labute approximate surface area is 161 Å². The van der Waals surface area contributed by atoms with Gasteiger partial charge in [0.15, 0.2) is 17.6 Å². The number of nitrogens with one attached hydrogen (secondary N) is 2. The molecule has 0 aliphatic heterocycles. The summed E-state index contributed by atoms with van der Waals surface area (Å²) in [5.74, 6) is 0.238. The Hall–Kier alpha value is -3.75. The third-order valence-corrected chi connectivity index (χ3v) is 3.57. The Balaban J connectivity index is 1.95. The maximum atomic E-state index is 11.9. The van der Waals surface area contributed by atoms with E-state index in [1.807, 2.05) is 0 Å². The van der Waals surface area contributed by atoms with Crippen LogP contribution in [0.1, 0.15) is 12.5 Å². The standard InChI is InChI=1S/C19H21N3O6/c1-12(18(23)24)28-16-9-4-13(10-17(16)27-3)11-20-22-19(25)21-14-5-7-15(26-2)8-6-14/h4-12H,1-3H3,(H,23,24)(H2,21,22,25)/b20-11+/t12-/m0/s1. The fourth-order valence-electron chi connectivity index (χ4n) is 2.10.